The molecule has 5 heteroatoms. The van der Waals surface area contributed by atoms with Gasteiger partial charge in [0.25, 0.3) is 5.91 Å². The van der Waals surface area contributed by atoms with E-state index >= 15 is 0 Å². The molecule has 1 aliphatic heterocycles. The van der Waals surface area contributed by atoms with Crippen LogP contribution in [-0.4, -0.2) is 43.6 Å². The molecule has 1 amide bonds. The number of carbonyl (C=O) groups is 1. The fourth-order valence-electron chi connectivity index (χ4n) is 3.07. The van der Waals surface area contributed by atoms with Gasteiger partial charge in [-0.05, 0) is 56.0 Å². The van der Waals surface area contributed by atoms with Crippen molar-refractivity contribution >= 4 is 18.3 Å². The van der Waals surface area contributed by atoms with Gasteiger partial charge in [0, 0.05) is 25.2 Å². The van der Waals surface area contributed by atoms with Crippen LogP contribution in [-0.2, 0) is 0 Å². The van der Waals surface area contributed by atoms with Crippen molar-refractivity contribution in [2.45, 2.75) is 25.3 Å². The zero-order valence-electron chi connectivity index (χ0n) is 12.4. The van der Waals surface area contributed by atoms with Crippen LogP contribution in [0.25, 0.3) is 0 Å². The van der Waals surface area contributed by atoms with E-state index in [1.165, 1.54) is 19.4 Å². The van der Waals surface area contributed by atoms with Gasteiger partial charge < -0.3 is 10.1 Å². The number of likely N-dealkylation sites (tertiary alicyclic amines) is 1. The van der Waals surface area contributed by atoms with Gasteiger partial charge in [0.05, 0.1) is 6.61 Å². The van der Waals surface area contributed by atoms with Crippen molar-refractivity contribution in [1.29, 1.82) is 0 Å². The number of nitrogens with zero attached hydrogens (tertiary/aromatic N) is 1. The molecule has 2 fully saturated rings. The molecule has 1 aliphatic carbocycles. The fourth-order valence-corrected chi connectivity index (χ4v) is 3.07. The molecule has 0 aromatic heterocycles. The third-order valence-corrected chi connectivity index (χ3v) is 4.34. The fraction of sp³-hybridized carbons (Fsp3) is 0.562. The summed E-state index contributed by atoms with van der Waals surface area (Å²) in [6.45, 7) is 3.17. The van der Waals surface area contributed by atoms with E-state index in [2.05, 4.69) is 10.2 Å². The van der Waals surface area contributed by atoms with E-state index in [4.69, 9.17) is 4.74 Å². The summed E-state index contributed by atoms with van der Waals surface area (Å²) < 4.78 is 5.72. The lowest BCUT2D eigenvalue weighted by Gasteiger charge is -2.17. The van der Waals surface area contributed by atoms with Gasteiger partial charge in [-0.1, -0.05) is 0 Å². The normalized spacial score (nSPS) is 23.1. The Hall–Kier alpha value is -1.26. The highest BCUT2D eigenvalue weighted by atomic mass is 35.5. The minimum atomic E-state index is -0.0652. The van der Waals surface area contributed by atoms with E-state index in [-0.39, 0.29) is 18.3 Å². The van der Waals surface area contributed by atoms with E-state index in [0.717, 1.165) is 37.3 Å². The molecule has 21 heavy (non-hydrogen) atoms. The van der Waals surface area contributed by atoms with Crippen molar-refractivity contribution in [3.63, 3.8) is 0 Å². The van der Waals surface area contributed by atoms with Gasteiger partial charge in [0.15, 0.2) is 0 Å². The van der Waals surface area contributed by atoms with Gasteiger partial charge in [-0.3, -0.25) is 9.69 Å². The molecule has 1 aromatic carbocycles. The third-order valence-electron chi connectivity index (χ3n) is 4.34. The Bertz CT molecular complexity index is 478. The van der Waals surface area contributed by atoms with Crippen LogP contribution in [0, 0.1) is 5.92 Å². The molecule has 2 atom stereocenters. The van der Waals surface area contributed by atoms with Crippen LogP contribution >= 0.6 is 12.4 Å². The van der Waals surface area contributed by atoms with E-state index in [0.29, 0.717) is 5.56 Å². The van der Waals surface area contributed by atoms with Crippen LogP contribution in [0.5, 0.6) is 5.75 Å². The Morgan fingerprint density at radius 2 is 2.14 bits per heavy atom. The molecular weight excluding hydrogens is 288 g/mol. The largest absolute Gasteiger partial charge is 0.494 e. The number of nitrogens with one attached hydrogen (secondary N) is 1. The predicted molar refractivity (Wildman–Crippen MR) is 85.3 cm³/mol. The molecule has 0 bridgehead atoms. The molecule has 1 heterocycles. The summed E-state index contributed by atoms with van der Waals surface area (Å²) >= 11 is 0. The second-order valence-corrected chi connectivity index (χ2v) is 5.69. The van der Waals surface area contributed by atoms with Crippen LogP contribution < -0.4 is 10.1 Å². The summed E-state index contributed by atoms with van der Waals surface area (Å²) in [4.78, 5) is 14.0. The summed E-state index contributed by atoms with van der Waals surface area (Å²) in [6, 6.07) is 8.20. The molecule has 4 nitrogen and oxygen atoms in total. The molecule has 0 unspecified atom stereocenters. The minimum Gasteiger partial charge on any atom is -0.494 e. The lowest BCUT2D eigenvalue weighted by Crippen LogP contribution is -2.25. The van der Waals surface area contributed by atoms with Crippen LogP contribution in [0.4, 0.5) is 0 Å². The molecular formula is C16H23ClN2O2. The van der Waals surface area contributed by atoms with Gasteiger partial charge in [-0.2, -0.15) is 0 Å². The zero-order valence-corrected chi connectivity index (χ0v) is 13.2. The van der Waals surface area contributed by atoms with Crippen molar-refractivity contribution in [3.05, 3.63) is 29.8 Å². The average molecular weight is 311 g/mol. The maximum Gasteiger partial charge on any atom is 0.251 e. The number of ether oxygens (including phenoxy) is 1. The van der Waals surface area contributed by atoms with Gasteiger partial charge in [-0.25, -0.2) is 0 Å². The van der Waals surface area contributed by atoms with Crippen LogP contribution in [0.1, 0.15) is 29.6 Å². The van der Waals surface area contributed by atoms with Crippen molar-refractivity contribution < 1.29 is 9.53 Å². The topological polar surface area (TPSA) is 41.6 Å². The maximum atomic E-state index is 11.4. The number of amides is 1. The second kappa shape index (κ2) is 7.14. The van der Waals surface area contributed by atoms with Gasteiger partial charge in [0.2, 0.25) is 0 Å². The molecule has 1 saturated carbocycles. The number of piperidine rings is 1. The van der Waals surface area contributed by atoms with Gasteiger partial charge >= 0.3 is 0 Å². The lowest BCUT2D eigenvalue weighted by molar-refractivity contribution is 0.0963. The lowest BCUT2D eigenvalue weighted by atomic mass is 10.2. The SMILES string of the molecule is CNC(=O)c1ccc(OCCCN2CC[C@H]3C[C@H]32)cc1.Cl. The number of rotatable bonds is 6. The Morgan fingerprint density at radius 1 is 1.38 bits per heavy atom. The number of hydrogen-bond acceptors (Lipinski definition) is 3. The second-order valence-electron chi connectivity index (χ2n) is 5.69. The average Bonchev–Trinajstić information content (AvgIpc) is 3.17. The Labute approximate surface area is 132 Å². The van der Waals surface area contributed by atoms with Crippen LogP contribution in [0.15, 0.2) is 24.3 Å². The summed E-state index contributed by atoms with van der Waals surface area (Å²) in [7, 11) is 1.63. The molecule has 0 spiro atoms. The number of benzene rings is 1. The first kappa shape index (κ1) is 16.1. The zero-order chi connectivity index (χ0) is 13.9. The first-order valence-corrected chi connectivity index (χ1v) is 7.47. The van der Waals surface area contributed by atoms with E-state index in [1.807, 2.05) is 12.1 Å². The van der Waals surface area contributed by atoms with Crippen molar-refractivity contribution in [3.8, 4) is 5.75 Å². The Kier molecular flexibility index (Phi) is 5.48. The molecule has 1 N–H and O–H groups in total. The van der Waals surface area contributed by atoms with Crippen molar-refractivity contribution in [1.82, 2.24) is 10.2 Å². The van der Waals surface area contributed by atoms with Crippen LogP contribution in [0.3, 0.4) is 0 Å². The summed E-state index contributed by atoms with van der Waals surface area (Å²) in [5, 5.41) is 2.61. The van der Waals surface area contributed by atoms with E-state index in [9.17, 15) is 4.79 Å². The first-order chi connectivity index (χ1) is 9.78. The smallest absolute Gasteiger partial charge is 0.251 e. The minimum absolute atomic E-state index is 0. The molecule has 3 rings (SSSR count). The van der Waals surface area contributed by atoms with Crippen molar-refractivity contribution in [2.75, 3.05) is 26.7 Å². The van der Waals surface area contributed by atoms with E-state index < -0.39 is 0 Å². The predicted octanol–water partition coefficient (Wildman–Crippen LogP) is 2.33. The number of fused-ring (bicyclic) bond motifs is 1. The highest BCUT2D eigenvalue weighted by Gasteiger charge is 2.46. The first-order valence-electron chi connectivity index (χ1n) is 7.47. The molecule has 1 saturated heterocycles. The third kappa shape index (κ3) is 3.89. The number of carbonyl (C=O) groups excluding carboxylic acids is 1. The van der Waals surface area contributed by atoms with Crippen molar-refractivity contribution in [2.24, 2.45) is 5.92 Å². The Balaban J connectivity index is 0.00000161. The van der Waals surface area contributed by atoms with Gasteiger partial charge in [0.1, 0.15) is 5.75 Å². The molecule has 116 valence electrons. The summed E-state index contributed by atoms with van der Waals surface area (Å²) in [6.07, 6.45) is 3.88. The highest BCUT2D eigenvalue weighted by molar-refractivity contribution is 5.94. The van der Waals surface area contributed by atoms with Crippen LogP contribution in [0.2, 0.25) is 0 Å². The van der Waals surface area contributed by atoms with E-state index in [1.54, 1.807) is 19.2 Å². The molecule has 0 radical (unpaired) electrons. The standard InChI is InChI=1S/C16H22N2O2.ClH/c1-17-16(19)12-3-5-14(6-4-12)20-10-2-8-18-9-7-13-11-15(13)18;/h3-6,13,15H,2,7-11H2,1H3,(H,17,19);1H/t13-,15+;/m0./s1. The number of hydrogen-bond donors (Lipinski definition) is 1. The highest BCUT2D eigenvalue weighted by Crippen LogP contribution is 2.44. The Morgan fingerprint density at radius 3 is 2.71 bits per heavy atom. The quantitative estimate of drug-likeness (QED) is 0.820. The van der Waals surface area contributed by atoms with Gasteiger partial charge in [-0.15, -0.1) is 12.4 Å². The maximum absolute atomic E-state index is 11.4. The summed E-state index contributed by atoms with van der Waals surface area (Å²) in [5.74, 6) is 1.78. The summed E-state index contributed by atoms with van der Waals surface area (Å²) in [5.41, 5.74) is 0.664. The molecule has 1 aromatic rings. The number of halogens is 1. The monoisotopic (exact) mass is 310 g/mol. The molecule has 2 aliphatic rings.